The van der Waals surface area contributed by atoms with E-state index in [0.29, 0.717) is 90.3 Å². The van der Waals surface area contributed by atoms with Crippen molar-refractivity contribution in [2.24, 2.45) is 60.3 Å². The molecule has 0 spiro atoms. The molecule has 0 amide bonds. The Balaban J connectivity index is 0.00000494. The minimum absolute atomic E-state index is 0. The van der Waals surface area contributed by atoms with Crippen LogP contribution in [0.1, 0.15) is 206 Å². The van der Waals surface area contributed by atoms with Crippen LogP contribution >= 0.6 is 0 Å². The quantitative estimate of drug-likeness (QED) is 0.0397. The van der Waals surface area contributed by atoms with Crippen molar-refractivity contribution < 1.29 is 83.9 Å². The Morgan fingerprint density at radius 1 is 0.558 bits per heavy atom. The number of nitrogens with zero attached hydrogens (tertiary/aromatic N) is 6. The number of fused-ring (bicyclic) bond motifs is 6. The second-order valence-corrected chi connectivity index (χ2v) is 24.4. The molecule has 0 radical (unpaired) electrons. The second kappa shape index (κ2) is 34.4. The number of carboxylic acids is 1. The number of carbonyl (C=O) groups excluding carboxylic acids is 6. The van der Waals surface area contributed by atoms with Crippen molar-refractivity contribution in [3.63, 3.8) is 0 Å². The number of ether oxygens (including phenoxy) is 6. The van der Waals surface area contributed by atoms with Gasteiger partial charge in [0.1, 0.15) is 0 Å². The molecule has 5 rings (SSSR count). The third-order valence-corrected chi connectivity index (χ3v) is 17.9. The van der Waals surface area contributed by atoms with Crippen molar-refractivity contribution >= 4 is 58.9 Å². The number of carboxylic acid groups (broad SMARTS) is 1. The molecule has 1 fully saturated rings. The topological polar surface area (TPSA) is 294 Å². The molecule has 478 valence electrons. The number of aliphatic imine (C=N–C) groups is 3. The summed E-state index contributed by atoms with van der Waals surface area (Å²) < 4.78 is 34.4. The van der Waals surface area contributed by atoms with E-state index < -0.39 is 99.1 Å². The molecule has 0 aromatic carbocycles. The molecule has 5 aliphatic heterocycles. The Labute approximate surface area is 521 Å². The Morgan fingerprint density at radius 2 is 0.988 bits per heavy atom. The van der Waals surface area contributed by atoms with Crippen molar-refractivity contribution in [3.05, 3.63) is 52.8 Å². The van der Waals surface area contributed by atoms with Crippen LogP contribution in [0.2, 0.25) is 0 Å². The predicted molar refractivity (Wildman–Crippen MR) is 319 cm³/mol. The zero-order valence-electron chi connectivity index (χ0n) is 53.5. The Bertz CT molecular complexity index is 2650. The van der Waals surface area contributed by atoms with Gasteiger partial charge in [-0.05, 0) is 114 Å². The van der Waals surface area contributed by atoms with E-state index in [2.05, 4.69) is 13.8 Å². The maximum absolute atomic E-state index is 14.6. The van der Waals surface area contributed by atoms with Crippen molar-refractivity contribution in [3.8, 4) is 0 Å². The smallest absolute Gasteiger partial charge is 0.682 e. The van der Waals surface area contributed by atoms with E-state index in [1.165, 1.54) is 0 Å². The Morgan fingerprint density at radius 3 is 1.45 bits per heavy atom. The maximum atomic E-state index is 14.6. The van der Waals surface area contributed by atoms with Crippen LogP contribution in [-0.4, -0.2) is 115 Å². The van der Waals surface area contributed by atoms with Gasteiger partial charge in [-0.2, -0.15) is 5.70 Å². The fourth-order valence-corrected chi connectivity index (χ4v) is 13.3. The number of hydrogen-bond acceptors (Lipinski definition) is 18. The van der Waals surface area contributed by atoms with Gasteiger partial charge in [0, 0.05) is 88.9 Å². The first kappa shape index (κ1) is 75.9. The molecule has 5 aliphatic rings. The van der Waals surface area contributed by atoms with Crippen LogP contribution in [0.5, 0.6) is 0 Å². The molecular weight excluding hydrogens is 1150 g/mol. The molecule has 20 nitrogen and oxygen atoms in total. The monoisotopic (exact) mass is 1240 g/mol. The molecular formula is C65H95CoN6O14. The van der Waals surface area contributed by atoms with Gasteiger partial charge in [-0.15, -0.1) is 0 Å². The van der Waals surface area contributed by atoms with E-state index in [9.17, 15) is 38.7 Å². The number of aliphatic carboxylic acids is 1. The molecule has 0 unspecified atom stereocenters. The summed E-state index contributed by atoms with van der Waals surface area (Å²) in [7, 11) is 0. The summed E-state index contributed by atoms with van der Waals surface area (Å²) in [6.45, 7) is 37.9. The third kappa shape index (κ3) is 17.3. The molecule has 5 heterocycles. The predicted octanol–water partition coefficient (Wildman–Crippen LogP) is 12.1. The van der Waals surface area contributed by atoms with E-state index in [0.717, 1.165) is 0 Å². The summed E-state index contributed by atoms with van der Waals surface area (Å²) in [6.07, 6.45) is 5.56. The van der Waals surface area contributed by atoms with E-state index in [1.807, 2.05) is 89.2 Å². The largest absolute Gasteiger partial charge is 3.00 e. The molecule has 0 aromatic rings. The van der Waals surface area contributed by atoms with E-state index in [4.69, 9.17) is 72.4 Å². The van der Waals surface area contributed by atoms with E-state index >= 15 is 0 Å². The minimum Gasteiger partial charge on any atom is -0.682 e. The minimum atomic E-state index is -1.42. The van der Waals surface area contributed by atoms with Crippen molar-refractivity contribution in [2.75, 3.05) is 39.6 Å². The number of carbonyl (C=O) groups is 7. The molecule has 8 bridgehead atoms. The maximum Gasteiger partial charge on any atom is 3.00 e. The number of esters is 6. The first-order valence-corrected chi connectivity index (χ1v) is 30.5. The van der Waals surface area contributed by atoms with Gasteiger partial charge in [0.15, 0.2) is 0 Å². The van der Waals surface area contributed by atoms with Gasteiger partial charge in [0.2, 0.25) is 0 Å². The molecule has 86 heavy (non-hydrogen) atoms. The fraction of sp³-hybridized carbons (Fsp3) is 0.723. The molecule has 1 saturated heterocycles. The summed E-state index contributed by atoms with van der Waals surface area (Å²) >= 11 is 0. The Hall–Kier alpha value is -6.19. The zero-order valence-corrected chi connectivity index (χ0v) is 54.5. The summed E-state index contributed by atoms with van der Waals surface area (Å²) in [4.78, 5) is 114. The van der Waals surface area contributed by atoms with Gasteiger partial charge in [-0.3, -0.25) is 48.5 Å². The average molecular weight is 1240 g/mol. The SMILES string of the molecule is CCCOC(=O)CC[C@@H]1C2=NC(=C\C3=NC(=C(/C)C4=N[C@@](C)([C@@H]5[N-]/C(=C\2C)[C@](C)(CCC(=O)OCCC)[C@H]5CC(=O)OCCC)[C@@](C)(CC(=O)OCCC)[C@@H]4CCC(=O)OCCC)/[C@@](C)(CC(=O)O)[C@@H]3CCC(=O)OCCC)/C1(C)C.[C-]#N.[C-]#N.[Co+3]. The third-order valence-electron chi connectivity index (χ3n) is 17.9. The first-order valence-electron chi connectivity index (χ1n) is 30.5. The molecule has 0 saturated carbocycles. The molecule has 0 aliphatic carbocycles. The number of hydrogen-bond donors (Lipinski definition) is 1. The number of allylic oxidation sites excluding steroid dienone is 6. The standard InChI is InChI=1S/C63H96N4O14.2CN.Co/c1-15-29-76-48(70)24-21-41-45-36-46-59(9,10)42(22-25-49(71)77-30-16-2)54(65-46)39(7)56-60(11,28-27-51(73)79-32-18-4)44(35-52(74)80-33-19-5)58(66-56)63(14)62(13,38-53(75)81-34-20-6)43(23-26-50(72)78-31-17-3)55(67-63)40(8)57(64-45)61(41,12)37-47(68)69;2*1-2;/h36,41-44,58H,15-35,37-38H2,1-14H3,(H2,64,65,66,67,68,69);;;/q;2*-1;+3/p-1/t41-,42-,43-,44+,58-,60-,61+,62+,63+;;;/m1.../s1. The van der Waals surface area contributed by atoms with Crippen molar-refractivity contribution in [1.29, 1.82) is 10.5 Å². The van der Waals surface area contributed by atoms with Crippen LogP contribution < -0.4 is 0 Å². The summed E-state index contributed by atoms with van der Waals surface area (Å²) in [5.74, 6) is -6.28. The summed E-state index contributed by atoms with van der Waals surface area (Å²) in [5.41, 5.74) is -1.40. The molecule has 21 heteroatoms. The Kier molecular flexibility index (Phi) is 30.3. The van der Waals surface area contributed by atoms with Gasteiger partial charge in [-0.1, -0.05) is 82.2 Å². The zero-order chi connectivity index (χ0) is 64.1. The van der Waals surface area contributed by atoms with Crippen LogP contribution in [0, 0.1) is 69.0 Å². The molecule has 0 aromatic heterocycles. The van der Waals surface area contributed by atoms with Crippen molar-refractivity contribution in [2.45, 2.75) is 218 Å². The van der Waals surface area contributed by atoms with Crippen LogP contribution in [-0.2, 0) is 78.8 Å². The van der Waals surface area contributed by atoms with Crippen LogP contribution in [0.25, 0.3) is 5.32 Å². The fourth-order valence-electron chi connectivity index (χ4n) is 13.3. The molecule has 9 atom stereocenters. The normalized spacial score (nSPS) is 28.8. The van der Waals surface area contributed by atoms with Crippen LogP contribution in [0.4, 0.5) is 0 Å². The van der Waals surface area contributed by atoms with Crippen molar-refractivity contribution in [1.82, 2.24) is 0 Å². The van der Waals surface area contributed by atoms with Gasteiger partial charge in [0.25, 0.3) is 0 Å². The van der Waals surface area contributed by atoms with Crippen LogP contribution in [0.15, 0.2) is 49.3 Å². The first-order chi connectivity index (χ1) is 40.3. The van der Waals surface area contributed by atoms with E-state index in [-0.39, 0.29) is 120 Å². The van der Waals surface area contributed by atoms with Gasteiger partial charge >= 0.3 is 58.6 Å². The average Bonchev–Trinajstić information content (AvgIpc) is 1.54. The van der Waals surface area contributed by atoms with Gasteiger partial charge in [0.05, 0.1) is 63.7 Å². The van der Waals surface area contributed by atoms with E-state index in [1.54, 1.807) is 0 Å². The summed E-state index contributed by atoms with van der Waals surface area (Å²) in [6, 6.07) is -0.922. The van der Waals surface area contributed by atoms with Gasteiger partial charge in [-0.25, -0.2) is 0 Å². The van der Waals surface area contributed by atoms with Gasteiger partial charge < -0.3 is 62.5 Å². The molecule has 1 N–H and O–H groups in total. The number of rotatable bonds is 30. The van der Waals surface area contributed by atoms with Crippen LogP contribution in [0.3, 0.4) is 0 Å². The summed E-state index contributed by atoms with van der Waals surface area (Å²) in [5, 5.41) is 29.3. The second-order valence-electron chi connectivity index (χ2n) is 24.4.